The number of aryl methyl sites for hydroxylation is 1. The minimum Gasteiger partial charge on any atom is -0.335 e. The minimum atomic E-state index is 0.0784. The number of nitrogens with zero attached hydrogens (tertiary/aromatic N) is 1. The second-order valence-corrected chi connectivity index (χ2v) is 4.61. The molecule has 84 valence electrons. The molecule has 0 bridgehead atoms. The minimum absolute atomic E-state index is 0.0784. The zero-order valence-corrected chi connectivity index (χ0v) is 9.28. The lowest BCUT2D eigenvalue weighted by Crippen LogP contribution is -2.43. The highest BCUT2D eigenvalue weighted by atomic mass is 16.2. The lowest BCUT2D eigenvalue weighted by molar-refractivity contribution is 0.245. The Morgan fingerprint density at radius 3 is 2.94 bits per heavy atom. The molecule has 1 fully saturated rings. The number of para-hydroxylation sites is 1. The molecule has 1 aromatic carbocycles. The third-order valence-corrected chi connectivity index (χ3v) is 3.26. The summed E-state index contributed by atoms with van der Waals surface area (Å²) in [5.41, 5.74) is 2.38. The van der Waals surface area contributed by atoms with Crippen LogP contribution in [0.3, 0.4) is 0 Å². The number of nitrogens with one attached hydrogen (secondary N) is 1. The highest BCUT2D eigenvalue weighted by Crippen LogP contribution is 2.27. The average molecular weight is 216 g/mol. The maximum atomic E-state index is 12.0. The van der Waals surface area contributed by atoms with E-state index in [-0.39, 0.29) is 6.03 Å². The Morgan fingerprint density at radius 1 is 1.31 bits per heavy atom. The summed E-state index contributed by atoms with van der Waals surface area (Å²) in [6, 6.07) is 8.71. The molecule has 0 aromatic heterocycles. The van der Waals surface area contributed by atoms with Crippen LogP contribution in [-0.2, 0) is 6.42 Å². The molecule has 3 rings (SSSR count). The van der Waals surface area contributed by atoms with E-state index < -0.39 is 0 Å². The maximum absolute atomic E-state index is 12.0. The summed E-state index contributed by atoms with van der Waals surface area (Å²) >= 11 is 0. The van der Waals surface area contributed by atoms with E-state index in [0.29, 0.717) is 6.04 Å². The summed E-state index contributed by atoms with van der Waals surface area (Å²) in [7, 11) is 0. The topological polar surface area (TPSA) is 32.3 Å². The molecule has 0 saturated heterocycles. The number of carbonyl (C=O) groups is 1. The predicted molar refractivity (Wildman–Crippen MR) is 63.7 cm³/mol. The molecule has 2 aliphatic rings. The number of rotatable bonds is 1. The van der Waals surface area contributed by atoms with Crippen molar-refractivity contribution in [1.82, 2.24) is 5.32 Å². The van der Waals surface area contributed by atoms with Gasteiger partial charge in [0.1, 0.15) is 0 Å². The summed E-state index contributed by atoms with van der Waals surface area (Å²) in [6.07, 6.45) is 4.43. The van der Waals surface area contributed by atoms with Crippen molar-refractivity contribution in [1.29, 1.82) is 0 Å². The monoisotopic (exact) mass is 216 g/mol. The Balaban J connectivity index is 1.82. The van der Waals surface area contributed by atoms with Crippen LogP contribution >= 0.6 is 0 Å². The van der Waals surface area contributed by atoms with Crippen LogP contribution < -0.4 is 10.2 Å². The maximum Gasteiger partial charge on any atom is 0.322 e. The molecular formula is C13H16N2O. The van der Waals surface area contributed by atoms with Crippen molar-refractivity contribution in [2.45, 2.75) is 31.7 Å². The molecule has 0 spiro atoms. The number of benzene rings is 1. The summed E-state index contributed by atoms with van der Waals surface area (Å²) in [5.74, 6) is 0. The van der Waals surface area contributed by atoms with E-state index in [2.05, 4.69) is 11.4 Å². The molecule has 3 nitrogen and oxygen atoms in total. The lowest BCUT2D eigenvalue weighted by atomic mass is 10.0. The van der Waals surface area contributed by atoms with Crippen molar-refractivity contribution < 1.29 is 4.79 Å². The van der Waals surface area contributed by atoms with Crippen LogP contribution in [0.5, 0.6) is 0 Å². The predicted octanol–water partition coefficient (Wildman–Crippen LogP) is 2.31. The smallest absolute Gasteiger partial charge is 0.322 e. The first-order valence-electron chi connectivity index (χ1n) is 6.00. The van der Waals surface area contributed by atoms with Crippen LogP contribution in [0, 0.1) is 0 Å². The fourth-order valence-electron chi connectivity index (χ4n) is 2.22. The van der Waals surface area contributed by atoms with Crippen molar-refractivity contribution in [3.8, 4) is 0 Å². The molecule has 1 saturated carbocycles. The van der Waals surface area contributed by atoms with E-state index in [4.69, 9.17) is 0 Å². The van der Waals surface area contributed by atoms with Gasteiger partial charge in [-0.05, 0) is 37.3 Å². The van der Waals surface area contributed by atoms with Crippen molar-refractivity contribution in [2.24, 2.45) is 0 Å². The van der Waals surface area contributed by atoms with Gasteiger partial charge in [0.2, 0.25) is 0 Å². The second kappa shape index (κ2) is 3.81. The number of urea groups is 1. The largest absolute Gasteiger partial charge is 0.335 e. The zero-order chi connectivity index (χ0) is 11.0. The molecule has 0 atom stereocenters. The van der Waals surface area contributed by atoms with Crippen LogP contribution in [0.25, 0.3) is 0 Å². The van der Waals surface area contributed by atoms with Crippen LogP contribution in [0.4, 0.5) is 10.5 Å². The molecule has 1 aliphatic heterocycles. The molecule has 0 unspecified atom stereocenters. The van der Waals surface area contributed by atoms with Crippen molar-refractivity contribution in [3.63, 3.8) is 0 Å². The molecule has 1 aliphatic carbocycles. The molecular weight excluding hydrogens is 200 g/mol. The Hall–Kier alpha value is -1.51. The SMILES string of the molecule is O=C(NC1CC1)N1CCCc2ccccc21. The number of amides is 2. The van der Waals surface area contributed by atoms with Crippen molar-refractivity contribution >= 4 is 11.7 Å². The Morgan fingerprint density at radius 2 is 2.12 bits per heavy atom. The van der Waals surface area contributed by atoms with Gasteiger partial charge in [0, 0.05) is 18.3 Å². The molecule has 0 radical (unpaired) electrons. The van der Waals surface area contributed by atoms with Gasteiger partial charge in [0.25, 0.3) is 0 Å². The van der Waals surface area contributed by atoms with Crippen LogP contribution in [0.2, 0.25) is 0 Å². The van der Waals surface area contributed by atoms with E-state index in [9.17, 15) is 4.79 Å². The van der Waals surface area contributed by atoms with Crippen LogP contribution in [0.1, 0.15) is 24.8 Å². The summed E-state index contributed by atoms with van der Waals surface area (Å²) in [5, 5.41) is 3.05. The first-order chi connectivity index (χ1) is 7.84. The number of carbonyl (C=O) groups excluding carboxylic acids is 1. The fourth-order valence-corrected chi connectivity index (χ4v) is 2.22. The zero-order valence-electron chi connectivity index (χ0n) is 9.28. The summed E-state index contributed by atoms with van der Waals surface area (Å²) in [6.45, 7) is 0.843. The van der Waals surface area contributed by atoms with Gasteiger partial charge in [-0.25, -0.2) is 4.79 Å². The second-order valence-electron chi connectivity index (χ2n) is 4.61. The van der Waals surface area contributed by atoms with Gasteiger partial charge < -0.3 is 5.32 Å². The summed E-state index contributed by atoms with van der Waals surface area (Å²) in [4.78, 5) is 13.9. The first kappa shape index (κ1) is 9.70. The molecule has 1 aromatic rings. The Kier molecular flexibility index (Phi) is 2.31. The van der Waals surface area contributed by atoms with E-state index in [0.717, 1.165) is 37.9 Å². The van der Waals surface area contributed by atoms with Crippen LogP contribution in [0.15, 0.2) is 24.3 Å². The number of fused-ring (bicyclic) bond motifs is 1. The van der Waals surface area contributed by atoms with Gasteiger partial charge in [-0.3, -0.25) is 4.90 Å². The highest BCUT2D eigenvalue weighted by Gasteiger charge is 2.28. The van der Waals surface area contributed by atoms with Gasteiger partial charge in [-0.1, -0.05) is 18.2 Å². The van der Waals surface area contributed by atoms with E-state index >= 15 is 0 Å². The van der Waals surface area contributed by atoms with Crippen molar-refractivity contribution in [2.75, 3.05) is 11.4 Å². The third-order valence-electron chi connectivity index (χ3n) is 3.26. The van der Waals surface area contributed by atoms with Gasteiger partial charge in [-0.2, -0.15) is 0 Å². The van der Waals surface area contributed by atoms with E-state index in [1.165, 1.54) is 5.56 Å². The average Bonchev–Trinajstić information content (AvgIpc) is 3.12. The van der Waals surface area contributed by atoms with Crippen molar-refractivity contribution in [3.05, 3.63) is 29.8 Å². The normalized spacial score (nSPS) is 19.1. The standard InChI is InChI=1S/C13H16N2O/c16-13(14-11-7-8-11)15-9-3-5-10-4-1-2-6-12(10)15/h1-2,4,6,11H,3,5,7-9H2,(H,14,16). The molecule has 1 heterocycles. The number of anilines is 1. The van der Waals surface area contributed by atoms with Gasteiger partial charge in [0.05, 0.1) is 0 Å². The highest BCUT2D eigenvalue weighted by molar-refractivity contribution is 5.93. The summed E-state index contributed by atoms with van der Waals surface area (Å²) < 4.78 is 0. The molecule has 3 heteroatoms. The van der Waals surface area contributed by atoms with E-state index in [1.54, 1.807) is 0 Å². The fraction of sp³-hybridized carbons (Fsp3) is 0.462. The number of hydrogen-bond donors (Lipinski definition) is 1. The quantitative estimate of drug-likeness (QED) is 0.767. The van der Waals surface area contributed by atoms with Gasteiger partial charge >= 0.3 is 6.03 Å². The Bertz CT molecular complexity index is 412. The first-order valence-corrected chi connectivity index (χ1v) is 6.00. The molecule has 1 N–H and O–H groups in total. The van der Waals surface area contributed by atoms with Crippen LogP contribution in [-0.4, -0.2) is 18.6 Å². The molecule has 2 amide bonds. The lowest BCUT2D eigenvalue weighted by Gasteiger charge is -2.29. The van der Waals surface area contributed by atoms with Gasteiger partial charge in [0.15, 0.2) is 0 Å². The molecule has 16 heavy (non-hydrogen) atoms. The Labute approximate surface area is 95.4 Å². The third kappa shape index (κ3) is 1.77. The van der Waals surface area contributed by atoms with Gasteiger partial charge in [-0.15, -0.1) is 0 Å². The van der Waals surface area contributed by atoms with E-state index in [1.807, 2.05) is 23.1 Å². The number of hydrogen-bond acceptors (Lipinski definition) is 1.